The van der Waals surface area contributed by atoms with E-state index < -0.39 is 11.7 Å². The molecule has 0 aliphatic carbocycles. The molecule has 0 spiro atoms. The van der Waals surface area contributed by atoms with E-state index in [-0.39, 0.29) is 6.61 Å². The lowest BCUT2D eigenvalue weighted by atomic mass is 10.1. The second kappa shape index (κ2) is 5.07. The fraction of sp³-hybridized carbons (Fsp3) is 0.250. The molecule has 0 radical (unpaired) electrons. The van der Waals surface area contributed by atoms with E-state index >= 15 is 0 Å². The third-order valence-electron chi connectivity index (χ3n) is 2.37. The van der Waals surface area contributed by atoms with Crippen LogP contribution in [0.4, 0.5) is 13.2 Å². The SMILES string of the molecule is OCc1cnc(Cc2cccc(C(F)(F)F)c2)s1. The van der Waals surface area contributed by atoms with Crippen LogP contribution in [0.3, 0.4) is 0 Å². The van der Waals surface area contributed by atoms with Gasteiger partial charge in [-0.1, -0.05) is 18.2 Å². The van der Waals surface area contributed by atoms with Gasteiger partial charge in [0, 0.05) is 12.6 Å². The minimum Gasteiger partial charge on any atom is -0.391 e. The maximum atomic E-state index is 12.5. The van der Waals surface area contributed by atoms with Gasteiger partial charge in [-0.05, 0) is 11.6 Å². The highest BCUT2D eigenvalue weighted by Crippen LogP contribution is 2.30. The Morgan fingerprint density at radius 3 is 2.67 bits per heavy atom. The van der Waals surface area contributed by atoms with E-state index in [0.29, 0.717) is 21.9 Å². The van der Waals surface area contributed by atoms with Crippen molar-refractivity contribution in [3.05, 3.63) is 51.5 Å². The predicted molar refractivity (Wildman–Crippen MR) is 62.3 cm³/mol. The number of aliphatic hydroxyl groups is 1. The summed E-state index contributed by atoms with van der Waals surface area (Å²) >= 11 is 1.30. The van der Waals surface area contributed by atoms with Gasteiger partial charge in [-0.15, -0.1) is 11.3 Å². The molecule has 1 aromatic heterocycles. The van der Waals surface area contributed by atoms with Crippen molar-refractivity contribution in [1.29, 1.82) is 0 Å². The summed E-state index contributed by atoms with van der Waals surface area (Å²) < 4.78 is 37.6. The van der Waals surface area contributed by atoms with Crippen LogP contribution < -0.4 is 0 Å². The molecule has 0 saturated heterocycles. The number of aliphatic hydroxyl groups excluding tert-OH is 1. The Morgan fingerprint density at radius 2 is 2.06 bits per heavy atom. The normalized spacial score (nSPS) is 11.8. The van der Waals surface area contributed by atoms with Crippen LogP contribution in [-0.4, -0.2) is 10.1 Å². The standard InChI is InChI=1S/C12H10F3NOS/c13-12(14,15)9-3-1-2-8(4-9)5-11-16-6-10(7-17)18-11/h1-4,6,17H,5,7H2. The highest BCUT2D eigenvalue weighted by atomic mass is 32.1. The van der Waals surface area contributed by atoms with Crippen LogP contribution in [0, 0.1) is 0 Å². The van der Waals surface area contributed by atoms with Crippen LogP contribution in [0.15, 0.2) is 30.5 Å². The third-order valence-corrected chi connectivity index (χ3v) is 3.35. The van der Waals surface area contributed by atoms with Crippen LogP contribution >= 0.6 is 11.3 Å². The zero-order valence-electron chi connectivity index (χ0n) is 9.24. The van der Waals surface area contributed by atoms with Crippen molar-refractivity contribution in [1.82, 2.24) is 4.98 Å². The molecule has 0 fully saturated rings. The van der Waals surface area contributed by atoms with E-state index in [0.717, 1.165) is 12.1 Å². The third kappa shape index (κ3) is 3.08. The summed E-state index contributed by atoms with van der Waals surface area (Å²) in [6.45, 7) is -0.0970. The van der Waals surface area contributed by atoms with Gasteiger partial charge in [0.05, 0.1) is 22.1 Å². The van der Waals surface area contributed by atoms with Crippen molar-refractivity contribution in [2.45, 2.75) is 19.2 Å². The second-order valence-corrected chi connectivity index (χ2v) is 4.95. The molecule has 2 nitrogen and oxygen atoms in total. The molecule has 1 heterocycles. The van der Waals surface area contributed by atoms with Gasteiger partial charge < -0.3 is 5.11 Å². The van der Waals surface area contributed by atoms with Gasteiger partial charge in [0.15, 0.2) is 0 Å². The van der Waals surface area contributed by atoms with Crippen molar-refractivity contribution in [2.24, 2.45) is 0 Å². The quantitative estimate of drug-likeness (QED) is 0.931. The Labute approximate surface area is 106 Å². The number of hydrogen-bond donors (Lipinski definition) is 1. The summed E-state index contributed by atoms with van der Waals surface area (Å²) in [5.41, 5.74) is -0.0948. The number of thiazole rings is 1. The number of alkyl halides is 3. The lowest BCUT2D eigenvalue weighted by Crippen LogP contribution is -2.05. The minimum atomic E-state index is -4.32. The largest absolute Gasteiger partial charge is 0.416 e. The highest BCUT2D eigenvalue weighted by Gasteiger charge is 2.30. The first-order valence-corrected chi connectivity index (χ1v) is 6.01. The van der Waals surface area contributed by atoms with E-state index in [1.165, 1.54) is 23.6 Å². The molecule has 96 valence electrons. The van der Waals surface area contributed by atoms with E-state index in [9.17, 15) is 13.2 Å². The molecular weight excluding hydrogens is 263 g/mol. The molecule has 0 aliphatic rings. The number of rotatable bonds is 3. The van der Waals surface area contributed by atoms with E-state index in [4.69, 9.17) is 5.11 Å². The Hall–Kier alpha value is -1.40. The molecule has 0 amide bonds. The molecule has 0 saturated carbocycles. The van der Waals surface area contributed by atoms with Crippen molar-refractivity contribution >= 4 is 11.3 Å². The van der Waals surface area contributed by atoms with Crippen molar-refractivity contribution in [3.63, 3.8) is 0 Å². The topological polar surface area (TPSA) is 33.1 Å². The lowest BCUT2D eigenvalue weighted by molar-refractivity contribution is -0.137. The molecule has 2 rings (SSSR count). The van der Waals surface area contributed by atoms with E-state index in [1.807, 2.05) is 0 Å². The predicted octanol–water partition coefficient (Wildman–Crippen LogP) is 3.25. The summed E-state index contributed by atoms with van der Waals surface area (Å²) in [7, 11) is 0. The van der Waals surface area contributed by atoms with Crippen LogP contribution in [0.25, 0.3) is 0 Å². The molecule has 0 aliphatic heterocycles. The van der Waals surface area contributed by atoms with Gasteiger partial charge in [-0.3, -0.25) is 0 Å². The molecule has 0 atom stereocenters. The Kier molecular flexibility index (Phi) is 3.68. The number of benzene rings is 1. The summed E-state index contributed by atoms with van der Waals surface area (Å²) in [4.78, 5) is 4.76. The number of halogens is 3. The van der Waals surface area contributed by atoms with Crippen molar-refractivity contribution in [2.75, 3.05) is 0 Å². The van der Waals surface area contributed by atoms with Crippen molar-refractivity contribution < 1.29 is 18.3 Å². The smallest absolute Gasteiger partial charge is 0.391 e. The maximum Gasteiger partial charge on any atom is 0.416 e. The summed E-state index contributed by atoms with van der Waals surface area (Å²) in [5, 5.41) is 9.58. The number of aromatic nitrogens is 1. The van der Waals surface area contributed by atoms with Crippen LogP contribution in [0.1, 0.15) is 21.0 Å². The number of nitrogens with zero attached hydrogens (tertiary/aromatic N) is 1. The molecule has 6 heteroatoms. The molecule has 1 N–H and O–H groups in total. The molecule has 18 heavy (non-hydrogen) atoms. The zero-order chi connectivity index (χ0) is 13.2. The summed E-state index contributed by atoms with van der Waals surface area (Å²) in [5.74, 6) is 0. The van der Waals surface area contributed by atoms with Crippen LogP contribution in [0.5, 0.6) is 0 Å². The monoisotopic (exact) mass is 273 g/mol. The first kappa shape index (κ1) is 13.0. The van der Waals surface area contributed by atoms with Gasteiger partial charge in [-0.2, -0.15) is 13.2 Å². The highest BCUT2D eigenvalue weighted by molar-refractivity contribution is 7.11. The molecular formula is C12H10F3NOS. The fourth-order valence-electron chi connectivity index (χ4n) is 1.54. The van der Waals surface area contributed by atoms with E-state index in [2.05, 4.69) is 4.98 Å². The van der Waals surface area contributed by atoms with Crippen LogP contribution in [0.2, 0.25) is 0 Å². The molecule has 0 bridgehead atoms. The van der Waals surface area contributed by atoms with Gasteiger partial charge in [0.25, 0.3) is 0 Å². The van der Waals surface area contributed by atoms with E-state index in [1.54, 1.807) is 6.07 Å². The molecule has 1 aromatic carbocycles. The van der Waals surface area contributed by atoms with Gasteiger partial charge >= 0.3 is 6.18 Å². The minimum absolute atomic E-state index is 0.0970. The summed E-state index contributed by atoms with van der Waals surface area (Å²) in [6, 6.07) is 5.19. The average molecular weight is 273 g/mol. The average Bonchev–Trinajstić information content (AvgIpc) is 2.76. The number of hydrogen-bond acceptors (Lipinski definition) is 3. The maximum absolute atomic E-state index is 12.5. The Morgan fingerprint density at radius 1 is 1.28 bits per heavy atom. The van der Waals surface area contributed by atoms with Gasteiger partial charge in [-0.25, -0.2) is 4.98 Å². The first-order chi connectivity index (χ1) is 8.49. The Balaban J connectivity index is 2.19. The molecule has 2 aromatic rings. The van der Waals surface area contributed by atoms with Crippen molar-refractivity contribution in [3.8, 4) is 0 Å². The van der Waals surface area contributed by atoms with Crippen LogP contribution in [-0.2, 0) is 19.2 Å². The second-order valence-electron chi connectivity index (χ2n) is 3.75. The lowest BCUT2D eigenvalue weighted by Gasteiger charge is -2.07. The van der Waals surface area contributed by atoms with Gasteiger partial charge in [0.1, 0.15) is 0 Å². The van der Waals surface area contributed by atoms with Gasteiger partial charge in [0.2, 0.25) is 0 Å². The fourth-order valence-corrected chi connectivity index (χ4v) is 2.35. The first-order valence-electron chi connectivity index (χ1n) is 5.19. The zero-order valence-corrected chi connectivity index (χ0v) is 10.1. The molecule has 0 unspecified atom stereocenters. The summed E-state index contributed by atoms with van der Waals surface area (Å²) in [6.07, 6.45) is -2.45. The Bertz CT molecular complexity index is 536.